The molecule has 0 saturated carbocycles. The Morgan fingerprint density at radius 3 is 3.00 bits per heavy atom. The van der Waals surface area contributed by atoms with E-state index in [2.05, 4.69) is 15.6 Å². The number of hydrogen-bond donors (Lipinski definition) is 3. The largest absolute Gasteiger partial charge is 0.376 e. The van der Waals surface area contributed by atoms with Crippen molar-refractivity contribution in [3.8, 4) is 11.3 Å². The lowest BCUT2D eigenvalue weighted by atomic mass is 10.1. The summed E-state index contributed by atoms with van der Waals surface area (Å²) in [5.74, 6) is -0.263. The molecule has 2 aromatic carbocycles. The van der Waals surface area contributed by atoms with Crippen LogP contribution in [0.4, 0.5) is 14.9 Å². The Labute approximate surface area is 150 Å². The van der Waals surface area contributed by atoms with Crippen molar-refractivity contribution in [3.63, 3.8) is 0 Å². The van der Waals surface area contributed by atoms with Crippen molar-refractivity contribution in [1.82, 2.24) is 10.3 Å². The van der Waals surface area contributed by atoms with E-state index in [1.807, 2.05) is 30.3 Å². The van der Waals surface area contributed by atoms with E-state index in [1.54, 1.807) is 6.07 Å². The van der Waals surface area contributed by atoms with Gasteiger partial charge >= 0.3 is 6.03 Å². The zero-order valence-corrected chi connectivity index (χ0v) is 14.2. The standard InChI is InChI=1S/C20H20FN3O2/c21-15-6-7-18-14(9-15)11-19(24-18)13-3-1-4-16(10-13)23-20(25)22-12-17-5-2-8-26-17/h1,3-4,6-7,9-11,17,24H,2,5,8,12H2,(H2,22,23,25)/t17-/m1/s1. The molecule has 5 nitrogen and oxygen atoms in total. The van der Waals surface area contributed by atoms with E-state index >= 15 is 0 Å². The lowest BCUT2D eigenvalue weighted by Crippen LogP contribution is -2.35. The van der Waals surface area contributed by atoms with Gasteiger partial charge in [0.2, 0.25) is 0 Å². The summed E-state index contributed by atoms with van der Waals surface area (Å²) < 4.78 is 18.9. The van der Waals surface area contributed by atoms with Gasteiger partial charge in [0.05, 0.1) is 6.10 Å². The smallest absolute Gasteiger partial charge is 0.319 e. The summed E-state index contributed by atoms with van der Waals surface area (Å²) in [6, 6.07) is 13.8. The molecule has 1 fully saturated rings. The Morgan fingerprint density at radius 2 is 2.15 bits per heavy atom. The molecule has 3 N–H and O–H groups in total. The second kappa shape index (κ2) is 7.17. The highest BCUT2D eigenvalue weighted by molar-refractivity contribution is 5.91. The highest BCUT2D eigenvalue weighted by Gasteiger charge is 2.16. The number of hydrogen-bond acceptors (Lipinski definition) is 2. The number of urea groups is 1. The molecule has 3 aromatic rings. The number of H-pyrrole nitrogens is 1. The first kappa shape index (κ1) is 16.6. The molecule has 134 valence electrons. The van der Waals surface area contributed by atoms with Crippen LogP contribution in [0.1, 0.15) is 12.8 Å². The number of halogens is 1. The van der Waals surface area contributed by atoms with E-state index in [0.717, 1.165) is 41.6 Å². The number of fused-ring (bicyclic) bond motifs is 1. The summed E-state index contributed by atoms with van der Waals surface area (Å²) in [6.45, 7) is 1.28. The first-order valence-electron chi connectivity index (χ1n) is 8.72. The fourth-order valence-electron chi connectivity index (χ4n) is 3.21. The van der Waals surface area contributed by atoms with Crippen molar-refractivity contribution < 1.29 is 13.9 Å². The Morgan fingerprint density at radius 1 is 1.23 bits per heavy atom. The van der Waals surface area contributed by atoms with Gasteiger partial charge in [-0.25, -0.2) is 9.18 Å². The van der Waals surface area contributed by atoms with Crippen LogP contribution in [-0.2, 0) is 4.74 Å². The van der Waals surface area contributed by atoms with Crippen LogP contribution in [0.2, 0.25) is 0 Å². The molecule has 4 rings (SSSR count). The maximum Gasteiger partial charge on any atom is 0.319 e. The molecule has 2 amide bonds. The van der Waals surface area contributed by atoms with Crippen LogP contribution in [0.3, 0.4) is 0 Å². The lowest BCUT2D eigenvalue weighted by molar-refractivity contribution is 0.112. The van der Waals surface area contributed by atoms with Crippen molar-refractivity contribution >= 4 is 22.6 Å². The molecule has 26 heavy (non-hydrogen) atoms. The number of nitrogens with one attached hydrogen (secondary N) is 3. The third kappa shape index (κ3) is 3.70. The molecular formula is C20H20FN3O2. The van der Waals surface area contributed by atoms with Crippen LogP contribution < -0.4 is 10.6 Å². The minimum Gasteiger partial charge on any atom is -0.376 e. The fourth-order valence-corrected chi connectivity index (χ4v) is 3.21. The van der Waals surface area contributed by atoms with Crippen LogP contribution in [0.5, 0.6) is 0 Å². The SMILES string of the molecule is O=C(NC[C@H]1CCCO1)Nc1cccc(-c2cc3cc(F)ccc3[nH]2)c1. The van der Waals surface area contributed by atoms with Crippen molar-refractivity contribution in [2.24, 2.45) is 0 Å². The van der Waals surface area contributed by atoms with E-state index < -0.39 is 0 Å². The number of carbonyl (C=O) groups is 1. The maximum absolute atomic E-state index is 13.4. The quantitative estimate of drug-likeness (QED) is 0.656. The minimum atomic E-state index is -0.263. The van der Waals surface area contributed by atoms with Crippen LogP contribution >= 0.6 is 0 Å². The normalized spacial score (nSPS) is 16.7. The first-order valence-corrected chi connectivity index (χ1v) is 8.72. The monoisotopic (exact) mass is 353 g/mol. The van der Waals surface area contributed by atoms with E-state index in [-0.39, 0.29) is 18.0 Å². The van der Waals surface area contributed by atoms with Crippen molar-refractivity contribution in [2.45, 2.75) is 18.9 Å². The number of ether oxygens (including phenoxy) is 1. The summed E-state index contributed by atoms with van der Waals surface area (Å²) in [4.78, 5) is 15.3. The van der Waals surface area contributed by atoms with Crippen LogP contribution in [0, 0.1) is 5.82 Å². The predicted molar refractivity (Wildman–Crippen MR) is 99.7 cm³/mol. The molecule has 1 aliphatic heterocycles. The molecule has 2 heterocycles. The molecule has 1 atom stereocenters. The Hall–Kier alpha value is -2.86. The van der Waals surface area contributed by atoms with Gasteiger partial charge in [0.1, 0.15) is 5.82 Å². The highest BCUT2D eigenvalue weighted by atomic mass is 19.1. The van der Waals surface area contributed by atoms with Crippen molar-refractivity contribution in [3.05, 3.63) is 54.3 Å². The molecule has 0 spiro atoms. The van der Waals surface area contributed by atoms with Gasteiger partial charge in [0, 0.05) is 41.0 Å². The van der Waals surface area contributed by atoms with Gasteiger partial charge in [-0.1, -0.05) is 12.1 Å². The summed E-state index contributed by atoms with van der Waals surface area (Å²) in [5, 5.41) is 6.49. The predicted octanol–water partition coefficient (Wildman–Crippen LogP) is 4.27. The number of aromatic amines is 1. The minimum absolute atomic E-state index is 0.110. The molecule has 6 heteroatoms. The van der Waals surface area contributed by atoms with E-state index in [4.69, 9.17) is 4.74 Å². The molecule has 0 unspecified atom stereocenters. The molecule has 1 aliphatic rings. The second-order valence-corrected chi connectivity index (χ2v) is 6.47. The third-order valence-corrected chi connectivity index (χ3v) is 4.53. The first-order chi connectivity index (χ1) is 12.7. The molecule has 1 aromatic heterocycles. The number of benzene rings is 2. The molecule has 0 aliphatic carbocycles. The zero-order valence-electron chi connectivity index (χ0n) is 14.2. The Bertz CT molecular complexity index is 932. The van der Waals surface area contributed by atoms with Gasteiger partial charge in [-0.15, -0.1) is 0 Å². The molecule has 1 saturated heterocycles. The summed E-state index contributed by atoms with van der Waals surface area (Å²) in [5.41, 5.74) is 3.35. The molecule has 0 radical (unpaired) electrons. The average molecular weight is 353 g/mol. The average Bonchev–Trinajstić information content (AvgIpc) is 3.29. The summed E-state index contributed by atoms with van der Waals surface area (Å²) in [7, 11) is 0. The van der Waals surface area contributed by atoms with Gasteiger partial charge in [-0.2, -0.15) is 0 Å². The van der Waals surface area contributed by atoms with Gasteiger partial charge < -0.3 is 20.4 Å². The van der Waals surface area contributed by atoms with Crippen LogP contribution in [0.25, 0.3) is 22.2 Å². The second-order valence-electron chi connectivity index (χ2n) is 6.47. The molecule has 0 bridgehead atoms. The van der Waals surface area contributed by atoms with Crippen LogP contribution in [-0.4, -0.2) is 30.3 Å². The van der Waals surface area contributed by atoms with Gasteiger partial charge in [0.15, 0.2) is 0 Å². The number of anilines is 1. The number of rotatable bonds is 4. The third-order valence-electron chi connectivity index (χ3n) is 4.53. The van der Waals surface area contributed by atoms with E-state index in [0.29, 0.717) is 12.2 Å². The van der Waals surface area contributed by atoms with E-state index in [9.17, 15) is 9.18 Å². The summed E-state index contributed by atoms with van der Waals surface area (Å²) >= 11 is 0. The lowest BCUT2D eigenvalue weighted by Gasteiger charge is -2.12. The Kier molecular flexibility index (Phi) is 4.58. The number of aromatic nitrogens is 1. The van der Waals surface area contributed by atoms with Gasteiger partial charge in [0.25, 0.3) is 0 Å². The summed E-state index contributed by atoms with van der Waals surface area (Å²) in [6.07, 6.45) is 2.14. The highest BCUT2D eigenvalue weighted by Crippen LogP contribution is 2.26. The topological polar surface area (TPSA) is 66.2 Å². The maximum atomic E-state index is 13.4. The number of amides is 2. The van der Waals surface area contributed by atoms with Gasteiger partial charge in [-0.3, -0.25) is 0 Å². The van der Waals surface area contributed by atoms with Crippen molar-refractivity contribution in [2.75, 3.05) is 18.5 Å². The van der Waals surface area contributed by atoms with Crippen molar-refractivity contribution in [1.29, 1.82) is 0 Å². The number of carbonyl (C=O) groups excluding carboxylic acids is 1. The van der Waals surface area contributed by atoms with Gasteiger partial charge in [-0.05, 0) is 49.2 Å². The fraction of sp³-hybridized carbons (Fsp3) is 0.250. The van der Waals surface area contributed by atoms with E-state index in [1.165, 1.54) is 12.1 Å². The Balaban J connectivity index is 1.46. The molecular weight excluding hydrogens is 333 g/mol. The van der Waals surface area contributed by atoms with Crippen LogP contribution in [0.15, 0.2) is 48.5 Å². The zero-order chi connectivity index (χ0) is 17.9.